The van der Waals surface area contributed by atoms with Gasteiger partial charge in [0, 0.05) is 13.1 Å². The highest BCUT2D eigenvalue weighted by atomic mass is 32.1. The summed E-state index contributed by atoms with van der Waals surface area (Å²) in [4.78, 5) is 13.5. The first-order valence-corrected chi connectivity index (χ1v) is 4.66. The van der Waals surface area contributed by atoms with Crippen molar-refractivity contribution >= 4 is 23.0 Å². The maximum Gasteiger partial charge on any atom is 0.154 e. The molecular weight excluding hydrogens is 188 g/mol. The fourth-order valence-corrected chi connectivity index (χ4v) is 1.87. The van der Waals surface area contributed by atoms with Crippen LogP contribution in [0.1, 0.15) is 13.3 Å². The Morgan fingerprint density at radius 3 is 2.85 bits per heavy atom. The molecule has 1 aliphatic rings. The third-order valence-electron chi connectivity index (χ3n) is 2.28. The van der Waals surface area contributed by atoms with Crippen LogP contribution in [-0.2, 0) is 4.79 Å². The van der Waals surface area contributed by atoms with Gasteiger partial charge in [-0.05, 0) is 13.3 Å². The number of Topliss-reactive ketones (excluding diaryl/α,β-unsaturated/α-hetero) is 1. The summed E-state index contributed by atoms with van der Waals surface area (Å²) in [6.45, 7) is 2.35. The third-order valence-corrected chi connectivity index (χ3v) is 2.68. The summed E-state index contributed by atoms with van der Waals surface area (Å²) in [6.07, 6.45) is -0.00769. The molecule has 74 valence electrons. The second kappa shape index (κ2) is 4.13. The summed E-state index contributed by atoms with van der Waals surface area (Å²) in [5.74, 6) is -0.0548. The van der Waals surface area contributed by atoms with E-state index in [4.69, 9.17) is 18.0 Å². The largest absolute Gasteiger partial charge is 0.390 e. The highest BCUT2D eigenvalue weighted by Crippen LogP contribution is 2.19. The van der Waals surface area contributed by atoms with E-state index < -0.39 is 12.1 Å². The van der Waals surface area contributed by atoms with Crippen LogP contribution >= 0.6 is 12.2 Å². The Hall–Kier alpha value is -0.520. The van der Waals surface area contributed by atoms with E-state index in [0.29, 0.717) is 18.0 Å². The van der Waals surface area contributed by atoms with Gasteiger partial charge in [0.25, 0.3) is 0 Å². The summed E-state index contributed by atoms with van der Waals surface area (Å²) in [6, 6.07) is -0.476. The van der Waals surface area contributed by atoms with E-state index >= 15 is 0 Å². The predicted octanol–water partition coefficient (Wildman–Crippen LogP) is -0.703. The summed E-state index contributed by atoms with van der Waals surface area (Å²) >= 11 is 5.00. The van der Waals surface area contributed by atoms with E-state index in [1.165, 1.54) is 6.92 Å². The monoisotopic (exact) mass is 202 g/mol. The first-order chi connectivity index (χ1) is 6.07. The number of ketones is 1. The Kier molecular flexibility index (Phi) is 3.35. The first kappa shape index (κ1) is 10.6. The molecular formula is C8H14N2O2S. The number of carbonyl (C=O) groups excluding carboxylic acids is 1. The quantitative estimate of drug-likeness (QED) is 0.579. The average Bonchev–Trinajstić information content (AvgIpc) is 2.45. The molecule has 0 aromatic heterocycles. The third kappa shape index (κ3) is 2.04. The zero-order valence-electron chi connectivity index (χ0n) is 7.56. The highest BCUT2D eigenvalue weighted by molar-refractivity contribution is 7.80. The molecule has 1 fully saturated rings. The van der Waals surface area contributed by atoms with Crippen molar-refractivity contribution in [3.8, 4) is 0 Å². The Morgan fingerprint density at radius 1 is 1.77 bits per heavy atom. The van der Waals surface area contributed by atoms with Crippen molar-refractivity contribution in [2.45, 2.75) is 25.5 Å². The average molecular weight is 202 g/mol. The molecule has 4 nitrogen and oxygen atoms in total. The molecule has 1 heterocycles. The second-order valence-corrected chi connectivity index (χ2v) is 3.67. The van der Waals surface area contributed by atoms with Crippen molar-refractivity contribution in [2.24, 2.45) is 5.73 Å². The van der Waals surface area contributed by atoms with Crippen LogP contribution in [0.2, 0.25) is 0 Å². The maximum absolute atomic E-state index is 11.2. The van der Waals surface area contributed by atoms with Gasteiger partial charge in [-0.3, -0.25) is 4.79 Å². The molecule has 0 aromatic carbocycles. The lowest BCUT2D eigenvalue weighted by Gasteiger charge is -2.25. The smallest absolute Gasteiger partial charge is 0.154 e. The van der Waals surface area contributed by atoms with Crippen molar-refractivity contribution in [3.05, 3.63) is 0 Å². The first-order valence-electron chi connectivity index (χ1n) is 4.26. The molecule has 5 heteroatoms. The number of aliphatic hydroxyl groups excluding tert-OH is 1. The van der Waals surface area contributed by atoms with Gasteiger partial charge < -0.3 is 15.7 Å². The van der Waals surface area contributed by atoms with Crippen LogP contribution in [0.3, 0.4) is 0 Å². The zero-order valence-corrected chi connectivity index (χ0v) is 8.38. The van der Waals surface area contributed by atoms with Crippen LogP contribution < -0.4 is 5.73 Å². The molecule has 0 bridgehead atoms. The van der Waals surface area contributed by atoms with Crippen LogP contribution in [-0.4, -0.2) is 46.0 Å². The van der Waals surface area contributed by atoms with Gasteiger partial charge in [-0.15, -0.1) is 0 Å². The molecule has 13 heavy (non-hydrogen) atoms. The number of thiocarbonyl (C=S) groups is 1. The Bertz CT molecular complexity index is 232. The van der Waals surface area contributed by atoms with E-state index in [2.05, 4.69) is 0 Å². The predicted molar refractivity (Wildman–Crippen MR) is 53.5 cm³/mol. The molecule has 1 aliphatic heterocycles. The van der Waals surface area contributed by atoms with Gasteiger partial charge in [0.1, 0.15) is 6.04 Å². The van der Waals surface area contributed by atoms with Gasteiger partial charge in [0.2, 0.25) is 0 Å². The number of nitrogens with two attached hydrogens (primary N) is 1. The Labute approximate surface area is 82.7 Å². The lowest BCUT2D eigenvalue weighted by atomic mass is 10.1. The van der Waals surface area contributed by atoms with Crippen molar-refractivity contribution in [1.82, 2.24) is 4.90 Å². The molecule has 2 atom stereocenters. The minimum Gasteiger partial charge on any atom is -0.390 e. The standard InChI is InChI=1S/C8H14N2O2S/c1-5(11)8-6(12)2-3-10(8)7(13)4-9/h6,8,12H,2-4,9H2,1H3/t6-,8+/m0/s1. The molecule has 0 unspecified atom stereocenters. The molecule has 0 aliphatic carbocycles. The topological polar surface area (TPSA) is 66.6 Å². The minimum atomic E-state index is -0.595. The number of likely N-dealkylation sites (tertiary alicyclic amines) is 1. The molecule has 3 N–H and O–H groups in total. The van der Waals surface area contributed by atoms with Crippen molar-refractivity contribution in [1.29, 1.82) is 0 Å². The van der Waals surface area contributed by atoms with Gasteiger partial charge in [0.05, 0.1) is 11.1 Å². The van der Waals surface area contributed by atoms with Gasteiger partial charge in [-0.2, -0.15) is 0 Å². The van der Waals surface area contributed by atoms with E-state index in [0.717, 1.165) is 0 Å². The summed E-state index contributed by atoms with van der Waals surface area (Å²) in [5.41, 5.74) is 5.38. The number of nitrogens with zero attached hydrogens (tertiary/aromatic N) is 1. The molecule has 0 aromatic rings. The fourth-order valence-electron chi connectivity index (χ4n) is 1.66. The molecule has 1 rings (SSSR count). The summed E-state index contributed by atoms with van der Waals surface area (Å²) in [7, 11) is 0. The van der Waals surface area contributed by atoms with Crippen LogP contribution in [0, 0.1) is 0 Å². The van der Waals surface area contributed by atoms with Gasteiger partial charge >= 0.3 is 0 Å². The van der Waals surface area contributed by atoms with Crippen LogP contribution in [0.4, 0.5) is 0 Å². The van der Waals surface area contributed by atoms with Crippen molar-refractivity contribution in [3.63, 3.8) is 0 Å². The van der Waals surface area contributed by atoms with Gasteiger partial charge in [0.15, 0.2) is 5.78 Å². The zero-order chi connectivity index (χ0) is 10.0. The molecule has 1 saturated heterocycles. The van der Waals surface area contributed by atoms with E-state index in [-0.39, 0.29) is 12.3 Å². The number of rotatable bonds is 2. The molecule has 0 saturated carbocycles. The lowest BCUT2D eigenvalue weighted by molar-refractivity contribution is -0.122. The molecule has 0 radical (unpaired) electrons. The normalized spacial score (nSPS) is 27.8. The highest BCUT2D eigenvalue weighted by Gasteiger charge is 2.36. The lowest BCUT2D eigenvalue weighted by Crippen LogP contribution is -2.45. The van der Waals surface area contributed by atoms with E-state index in [1.807, 2.05) is 0 Å². The van der Waals surface area contributed by atoms with E-state index in [9.17, 15) is 9.90 Å². The second-order valence-electron chi connectivity index (χ2n) is 3.20. The summed E-state index contributed by atoms with van der Waals surface area (Å²) < 4.78 is 0. The van der Waals surface area contributed by atoms with Crippen molar-refractivity contribution < 1.29 is 9.90 Å². The minimum absolute atomic E-state index is 0.0548. The summed E-state index contributed by atoms with van der Waals surface area (Å²) in [5, 5.41) is 9.51. The van der Waals surface area contributed by atoms with Crippen LogP contribution in [0.25, 0.3) is 0 Å². The Morgan fingerprint density at radius 2 is 2.38 bits per heavy atom. The maximum atomic E-state index is 11.2. The molecule has 0 amide bonds. The number of carbonyl (C=O) groups is 1. The number of hydrogen-bond acceptors (Lipinski definition) is 4. The van der Waals surface area contributed by atoms with E-state index in [1.54, 1.807) is 4.90 Å². The SMILES string of the molecule is CC(=O)[C@@H]1[C@@H](O)CCN1C(=S)CN. The number of hydrogen-bond donors (Lipinski definition) is 2. The van der Waals surface area contributed by atoms with Crippen LogP contribution in [0.15, 0.2) is 0 Å². The van der Waals surface area contributed by atoms with Crippen LogP contribution in [0.5, 0.6) is 0 Å². The van der Waals surface area contributed by atoms with Gasteiger partial charge in [-0.25, -0.2) is 0 Å². The Balaban J connectivity index is 2.75. The number of aliphatic hydroxyl groups is 1. The fraction of sp³-hybridized carbons (Fsp3) is 0.750. The molecule has 0 spiro atoms. The van der Waals surface area contributed by atoms with Crippen molar-refractivity contribution in [2.75, 3.05) is 13.1 Å². The van der Waals surface area contributed by atoms with Gasteiger partial charge in [-0.1, -0.05) is 12.2 Å².